The first-order valence-electron chi connectivity index (χ1n) is 24.5. The molecule has 5 aliphatic rings. The van der Waals surface area contributed by atoms with Gasteiger partial charge in [0.1, 0.15) is 31.0 Å². The van der Waals surface area contributed by atoms with Gasteiger partial charge in [-0.2, -0.15) is 0 Å². The van der Waals surface area contributed by atoms with E-state index >= 15 is 0 Å². The van der Waals surface area contributed by atoms with E-state index < -0.39 is 30.7 Å². The van der Waals surface area contributed by atoms with Crippen molar-refractivity contribution in [1.82, 2.24) is 0 Å². The van der Waals surface area contributed by atoms with Gasteiger partial charge in [0.15, 0.2) is 6.29 Å². The van der Waals surface area contributed by atoms with Crippen LogP contribution in [0.4, 0.5) is 0 Å². The third-order valence-corrected chi connectivity index (χ3v) is 16.9. The van der Waals surface area contributed by atoms with Gasteiger partial charge in [0.2, 0.25) is 0 Å². The number of hydrogen-bond acceptors (Lipinski definition) is 7. The van der Waals surface area contributed by atoms with Crippen molar-refractivity contribution < 1.29 is 34.3 Å². The summed E-state index contributed by atoms with van der Waals surface area (Å²) in [5.41, 5.74) is 2.13. The van der Waals surface area contributed by atoms with Gasteiger partial charge in [-0.05, 0) is 110 Å². The predicted octanol–water partition coefficient (Wildman–Crippen LogP) is 11.5. The van der Waals surface area contributed by atoms with Crippen molar-refractivity contribution in [2.75, 3.05) is 6.61 Å². The Bertz CT molecular complexity index is 1230. The van der Waals surface area contributed by atoms with Gasteiger partial charge >= 0.3 is 5.97 Å². The Morgan fingerprint density at radius 1 is 0.789 bits per heavy atom. The molecule has 3 N–H and O–H groups in total. The molecular formula is C50H88O7. The van der Waals surface area contributed by atoms with E-state index in [9.17, 15) is 20.1 Å². The minimum atomic E-state index is -1.44. The normalized spacial score (nSPS) is 37.6. The second-order valence-electron chi connectivity index (χ2n) is 21.0. The Kier molecular flexibility index (Phi) is 18.3. The van der Waals surface area contributed by atoms with Crippen LogP contribution < -0.4 is 0 Å². The molecule has 1 heterocycles. The van der Waals surface area contributed by atoms with Crippen LogP contribution in [-0.2, 0) is 19.0 Å². The van der Waals surface area contributed by atoms with Gasteiger partial charge in [0, 0.05) is 6.42 Å². The summed E-state index contributed by atoms with van der Waals surface area (Å²) in [5, 5.41) is 32.5. The fraction of sp³-hybridized carbons (Fsp3) is 0.940. The molecule has 1 aliphatic heterocycles. The highest BCUT2D eigenvalue weighted by molar-refractivity contribution is 5.69. The zero-order valence-electron chi connectivity index (χ0n) is 37.7. The molecule has 7 heteroatoms. The first kappa shape index (κ1) is 47.1. The molecule has 14 unspecified atom stereocenters. The minimum Gasteiger partial charge on any atom is -0.463 e. The molecule has 330 valence electrons. The number of aliphatic hydroxyl groups is 3. The summed E-state index contributed by atoms with van der Waals surface area (Å²) in [7, 11) is 0. The Hall–Kier alpha value is -0.990. The van der Waals surface area contributed by atoms with Gasteiger partial charge in [-0.15, -0.1) is 0 Å². The highest BCUT2D eigenvalue weighted by Crippen LogP contribution is 2.67. The van der Waals surface area contributed by atoms with Crippen LogP contribution in [0.5, 0.6) is 0 Å². The van der Waals surface area contributed by atoms with Crippen LogP contribution in [0, 0.1) is 52.3 Å². The van der Waals surface area contributed by atoms with Gasteiger partial charge in [0.05, 0.1) is 6.10 Å². The van der Waals surface area contributed by atoms with E-state index in [0.29, 0.717) is 17.8 Å². The standard InChI is InChI=1S/C50H88O7/c1-8-9-10-11-12-13-14-15-16-17-18-19-20-21-44(51)55-33-43-45(52)46(53)47(54)48(57-43)56-38-28-30-49(6)37(32-38)24-25-39-41-27-26-40(50(41,7)31-29-42(39)49)36(5)23-22-35(4)34(2)3/h24,34-36,38-43,45-48,52-54H,8-23,25-33H2,1-7H3. The third kappa shape index (κ3) is 11.9. The number of hydrogen-bond donors (Lipinski definition) is 3. The van der Waals surface area contributed by atoms with E-state index in [-0.39, 0.29) is 24.1 Å². The van der Waals surface area contributed by atoms with Gasteiger partial charge in [-0.25, -0.2) is 0 Å². The molecule has 0 aromatic rings. The van der Waals surface area contributed by atoms with Crippen LogP contribution in [0.2, 0.25) is 0 Å². The second-order valence-corrected chi connectivity index (χ2v) is 21.0. The fourth-order valence-electron chi connectivity index (χ4n) is 12.7. The molecule has 0 radical (unpaired) electrons. The van der Waals surface area contributed by atoms with Crippen LogP contribution in [-0.4, -0.2) is 64.7 Å². The van der Waals surface area contributed by atoms with Crippen molar-refractivity contribution in [3.05, 3.63) is 11.6 Å². The number of carbonyl (C=O) groups excluding carboxylic acids is 1. The SMILES string of the molecule is CCCCCCCCCCCCCCCC(=O)OCC1OC(OC2CCC3(C)C(=CCC4C3CCC3(C)C(C(C)CCC(C)C(C)C)CCC43)C2)C(O)C(O)C1O. The Morgan fingerprint density at radius 2 is 1.44 bits per heavy atom. The molecule has 0 aromatic heterocycles. The topological polar surface area (TPSA) is 105 Å². The number of esters is 1. The zero-order chi connectivity index (χ0) is 41.2. The first-order chi connectivity index (χ1) is 27.3. The van der Waals surface area contributed by atoms with E-state index in [4.69, 9.17) is 14.2 Å². The first-order valence-corrected chi connectivity index (χ1v) is 24.5. The Balaban J connectivity index is 1.04. The quantitative estimate of drug-likeness (QED) is 0.0537. The zero-order valence-corrected chi connectivity index (χ0v) is 37.7. The fourth-order valence-corrected chi connectivity index (χ4v) is 12.7. The van der Waals surface area contributed by atoms with Crippen molar-refractivity contribution in [3.8, 4) is 0 Å². The molecule has 57 heavy (non-hydrogen) atoms. The lowest BCUT2D eigenvalue weighted by molar-refractivity contribution is -0.313. The van der Waals surface area contributed by atoms with Gasteiger partial charge in [-0.3, -0.25) is 4.79 Å². The Labute approximate surface area is 349 Å². The van der Waals surface area contributed by atoms with Crippen LogP contribution in [0.3, 0.4) is 0 Å². The molecule has 0 amide bonds. The average Bonchev–Trinajstić information content (AvgIpc) is 3.55. The highest BCUT2D eigenvalue weighted by Gasteiger charge is 2.59. The summed E-state index contributed by atoms with van der Waals surface area (Å²) in [6, 6.07) is 0. The lowest BCUT2D eigenvalue weighted by Gasteiger charge is -2.58. The number of allylic oxidation sites excluding steroid dienone is 1. The number of rotatable bonds is 23. The molecule has 7 nitrogen and oxygen atoms in total. The monoisotopic (exact) mass is 801 g/mol. The van der Waals surface area contributed by atoms with Crippen LogP contribution in [0.1, 0.15) is 203 Å². The molecule has 0 aromatic carbocycles. The van der Waals surface area contributed by atoms with Crippen molar-refractivity contribution in [1.29, 1.82) is 0 Å². The number of ether oxygens (including phenoxy) is 3. The predicted molar refractivity (Wildman–Crippen MR) is 230 cm³/mol. The van der Waals surface area contributed by atoms with Gasteiger partial charge in [-0.1, -0.05) is 150 Å². The van der Waals surface area contributed by atoms with Crippen molar-refractivity contribution in [2.45, 2.75) is 239 Å². The molecule has 4 fully saturated rings. The van der Waals surface area contributed by atoms with Crippen molar-refractivity contribution >= 4 is 5.97 Å². The van der Waals surface area contributed by atoms with Crippen LogP contribution in [0.15, 0.2) is 11.6 Å². The third-order valence-electron chi connectivity index (χ3n) is 16.9. The summed E-state index contributed by atoms with van der Waals surface area (Å²) in [5.74, 6) is 5.17. The molecule has 3 saturated carbocycles. The molecule has 1 saturated heterocycles. The summed E-state index contributed by atoms with van der Waals surface area (Å²) in [6.45, 7) is 17.0. The van der Waals surface area contributed by atoms with Crippen molar-refractivity contribution in [3.63, 3.8) is 0 Å². The number of fused-ring (bicyclic) bond motifs is 5. The van der Waals surface area contributed by atoms with Gasteiger partial charge < -0.3 is 29.5 Å². The summed E-state index contributed by atoms with van der Waals surface area (Å²) in [6.07, 6.45) is 24.8. The van der Waals surface area contributed by atoms with E-state index in [1.54, 1.807) is 0 Å². The molecule has 14 atom stereocenters. The average molecular weight is 801 g/mol. The molecular weight excluding hydrogens is 713 g/mol. The molecule has 0 bridgehead atoms. The number of aliphatic hydroxyl groups excluding tert-OH is 3. The maximum atomic E-state index is 12.6. The smallest absolute Gasteiger partial charge is 0.305 e. The Morgan fingerprint density at radius 3 is 2.09 bits per heavy atom. The molecule has 4 aliphatic carbocycles. The number of unbranched alkanes of at least 4 members (excludes halogenated alkanes) is 12. The van der Waals surface area contributed by atoms with Crippen LogP contribution in [0.25, 0.3) is 0 Å². The van der Waals surface area contributed by atoms with E-state index in [1.807, 2.05) is 0 Å². The second kappa shape index (κ2) is 22.2. The van der Waals surface area contributed by atoms with Crippen LogP contribution >= 0.6 is 0 Å². The molecule has 0 spiro atoms. The maximum absolute atomic E-state index is 12.6. The minimum absolute atomic E-state index is 0.138. The summed E-state index contributed by atoms with van der Waals surface area (Å²) in [4.78, 5) is 12.6. The lowest BCUT2D eigenvalue weighted by atomic mass is 9.47. The summed E-state index contributed by atoms with van der Waals surface area (Å²) >= 11 is 0. The lowest BCUT2D eigenvalue weighted by Crippen LogP contribution is -2.60. The largest absolute Gasteiger partial charge is 0.463 e. The maximum Gasteiger partial charge on any atom is 0.305 e. The number of carbonyl (C=O) groups is 1. The van der Waals surface area contributed by atoms with E-state index in [1.165, 1.54) is 108 Å². The van der Waals surface area contributed by atoms with Crippen molar-refractivity contribution in [2.24, 2.45) is 52.3 Å². The van der Waals surface area contributed by atoms with E-state index in [0.717, 1.165) is 80.5 Å². The van der Waals surface area contributed by atoms with Gasteiger partial charge in [0.25, 0.3) is 0 Å². The molecule has 5 rings (SSSR count). The van der Waals surface area contributed by atoms with E-state index in [2.05, 4.69) is 54.5 Å². The highest BCUT2D eigenvalue weighted by atomic mass is 16.7. The summed E-state index contributed by atoms with van der Waals surface area (Å²) < 4.78 is 18.0.